The van der Waals surface area contributed by atoms with Gasteiger partial charge in [-0.05, 0) is 56.8 Å². The lowest BCUT2D eigenvalue weighted by molar-refractivity contribution is 0.381. The van der Waals surface area contributed by atoms with E-state index in [4.69, 9.17) is 11.6 Å². The summed E-state index contributed by atoms with van der Waals surface area (Å²) in [5.41, 5.74) is 4.19. The zero-order chi connectivity index (χ0) is 14.9. The first-order valence-electron chi connectivity index (χ1n) is 7.71. The number of nitrogens with zero attached hydrogens (tertiary/aromatic N) is 1. The van der Waals surface area contributed by atoms with Gasteiger partial charge in [-0.25, -0.2) is 0 Å². The third-order valence-corrected chi connectivity index (χ3v) is 4.79. The monoisotopic (exact) mass is 294 g/mol. The Morgan fingerprint density at radius 2 is 2.05 bits per heavy atom. The van der Waals surface area contributed by atoms with Crippen LogP contribution in [0.3, 0.4) is 0 Å². The number of benzene rings is 1. The Kier molecular flexibility index (Phi) is 4.66. The van der Waals surface area contributed by atoms with E-state index in [0.29, 0.717) is 5.92 Å². The van der Waals surface area contributed by atoms with Crippen LogP contribution < -0.4 is 10.2 Å². The predicted molar refractivity (Wildman–Crippen MR) is 89.0 cm³/mol. The molecule has 1 aliphatic rings. The van der Waals surface area contributed by atoms with Gasteiger partial charge in [0.15, 0.2) is 0 Å². The fourth-order valence-electron chi connectivity index (χ4n) is 3.54. The van der Waals surface area contributed by atoms with Gasteiger partial charge in [0.05, 0.1) is 0 Å². The van der Waals surface area contributed by atoms with Gasteiger partial charge in [0.2, 0.25) is 0 Å². The van der Waals surface area contributed by atoms with Crippen LogP contribution in [-0.2, 0) is 6.54 Å². The second-order valence-corrected chi connectivity index (χ2v) is 6.85. The summed E-state index contributed by atoms with van der Waals surface area (Å²) in [5, 5.41) is 4.25. The summed E-state index contributed by atoms with van der Waals surface area (Å²) >= 11 is 6.49. The standard InChI is InChI=1S/C17H27ClN2/c1-6-19-11-13-8-14-12(3)10-17(4,5)20(7-2)16(14)9-15(13)18/h8-9,12,19H,6-7,10-11H2,1-5H3/t12-/m0/s1. The van der Waals surface area contributed by atoms with Crippen molar-refractivity contribution in [2.75, 3.05) is 18.0 Å². The largest absolute Gasteiger partial charge is 0.366 e. The molecule has 2 rings (SSSR count). The maximum atomic E-state index is 6.49. The summed E-state index contributed by atoms with van der Waals surface area (Å²) in [6.07, 6.45) is 1.19. The van der Waals surface area contributed by atoms with E-state index in [1.165, 1.54) is 23.2 Å². The van der Waals surface area contributed by atoms with E-state index in [-0.39, 0.29) is 5.54 Å². The van der Waals surface area contributed by atoms with Crippen LogP contribution >= 0.6 is 11.6 Å². The van der Waals surface area contributed by atoms with Crippen molar-refractivity contribution in [2.45, 2.75) is 59.0 Å². The van der Waals surface area contributed by atoms with Crippen LogP contribution in [0, 0.1) is 0 Å². The lowest BCUT2D eigenvalue weighted by Gasteiger charge is -2.47. The molecule has 1 atom stereocenters. The van der Waals surface area contributed by atoms with Crippen LogP contribution in [0.15, 0.2) is 12.1 Å². The molecule has 3 heteroatoms. The van der Waals surface area contributed by atoms with E-state index in [1.807, 2.05) is 0 Å². The van der Waals surface area contributed by atoms with Gasteiger partial charge in [0.25, 0.3) is 0 Å². The quantitative estimate of drug-likeness (QED) is 0.875. The zero-order valence-corrected chi connectivity index (χ0v) is 14.1. The van der Waals surface area contributed by atoms with Gasteiger partial charge in [0.1, 0.15) is 0 Å². The van der Waals surface area contributed by atoms with Gasteiger partial charge >= 0.3 is 0 Å². The molecule has 0 saturated carbocycles. The SMILES string of the molecule is CCNCc1cc2c(cc1Cl)N(CC)C(C)(C)C[C@@H]2C. The average molecular weight is 295 g/mol. The summed E-state index contributed by atoms with van der Waals surface area (Å²) in [5.74, 6) is 0.584. The summed E-state index contributed by atoms with van der Waals surface area (Å²) in [4.78, 5) is 2.49. The molecule has 1 heterocycles. The highest BCUT2D eigenvalue weighted by molar-refractivity contribution is 6.31. The molecule has 0 aliphatic carbocycles. The van der Waals surface area contributed by atoms with Crippen molar-refractivity contribution < 1.29 is 0 Å². The normalized spacial score (nSPS) is 20.9. The molecule has 1 aliphatic heterocycles. The van der Waals surface area contributed by atoms with Crippen molar-refractivity contribution in [3.63, 3.8) is 0 Å². The number of nitrogens with one attached hydrogen (secondary N) is 1. The summed E-state index contributed by atoms with van der Waals surface area (Å²) < 4.78 is 0. The van der Waals surface area contributed by atoms with Crippen molar-refractivity contribution >= 4 is 17.3 Å². The number of fused-ring (bicyclic) bond motifs is 1. The van der Waals surface area contributed by atoms with E-state index in [9.17, 15) is 0 Å². The van der Waals surface area contributed by atoms with Crippen molar-refractivity contribution in [1.29, 1.82) is 0 Å². The van der Waals surface area contributed by atoms with E-state index in [2.05, 4.69) is 57.0 Å². The van der Waals surface area contributed by atoms with Gasteiger partial charge in [0, 0.05) is 29.3 Å². The number of hydrogen-bond acceptors (Lipinski definition) is 2. The predicted octanol–water partition coefficient (Wildman–Crippen LogP) is 4.56. The first kappa shape index (κ1) is 15.7. The molecule has 0 unspecified atom stereocenters. The van der Waals surface area contributed by atoms with Gasteiger partial charge < -0.3 is 10.2 Å². The number of halogens is 1. The van der Waals surface area contributed by atoms with Crippen LogP contribution in [0.5, 0.6) is 0 Å². The summed E-state index contributed by atoms with van der Waals surface area (Å²) in [6, 6.07) is 4.48. The van der Waals surface area contributed by atoms with Crippen LogP contribution in [0.2, 0.25) is 5.02 Å². The van der Waals surface area contributed by atoms with Gasteiger partial charge in [-0.15, -0.1) is 0 Å². The molecule has 1 aromatic rings. The molecule has 112 valence electrons. The molecule has 1 aromatic carbocycles. The zero-order valence-electron chi connectivity index (χ0n) is 13.4. The highest BCUT2D eigenvalue weighted by Gasteiger charge is 2.35. The minimum Gasteiger partial charge on any atom is -0.366 e. The van der Waals surface area contributed by atoms with Crippen molar-refractivity contribution in [2.24, 2.45) is 0 Å². The minimum absolute atomic E-state index is 0.202. The summed E-state index contributed by atoms with van der Waals surface area (Å²) in [6.45, 7) is 14.2. The topological polar surface area (TPSA) is 15.3 Å². The number of rotatable bonds is 4. The van der Waals surface area contributed by atoms with Crippen molar-refractivity contribution in [3.05, 3.63) is 28.3 Å². The van der Waals surface area contributed by atoms with Crippen LogP contribution in [-0.4, -0.2) is 18.6 Å². The highest BCUT2D eigenvalue weighted by atomic mass is 35.5. The number of hydrogen-bond donors (Lipinski definition) is 1. The molecule has 0 radical (unpaired) electrons. The van der Waals surface area contributed by atoms with E-state index in [0.717, 1.165) is 24.7 Å². The number of anilines is 1. The van der Waals surface area contributed by atoms with Crippen LogP contribution in [0.25, 0.3) is 0 Å². The van der Waals surface area contributed by atoms with Crippen molar-refractivity contribution in [1.82, 2.24) is 5.32 Å². The Labute approximate surface area is 128 Å². The maximum Gasteiger partial charge on any atom is 0.0471 e. The van der Waals surface area contributed by atoms with E-state index >= 15 is 0 Å². The molecule has 0 spiro atoms. The first-order chi connectivity index (χ1) is 9.40. The lowest BCUT2D eigenvalue weighted by Crippen LogP contribution is -2.48. The Morgan fingerprint density at radius 1 is 1.35 bits per heavy atom. The molecule has 20 heavy (non-hydrogen) atoms. The Bertz CT molecular complexity index is 482. The highest BCUT2D eigenvalue weighted by Crippen LogP contribution is 2.44. The molecule has 0 aromatic heterocycles. The van der Waals surface area contributed by atoms with Gasteiger partial charge in [-0.3, -0.25) is 0 Å². The third-order valence-electron chi connectivity index (χ3n) is 4.44. The average Bonchev–Trinajstić information content (AvgIpc) is 2.36. The van der Waals surface area contributed by atoms with Crippen LogP contribution in [0.4, 0.5) is 5.69 Å². The van der Waals surface area contributed by atoms with Gasteiger partial charge in [-0.2, -0.15) is 0 Å². The Balaban J connectivity index is 2.46. The molecular weight excluding hydrogens is 268 g/mol. The first-order valence-corrected chi connectivity index (χ1v) is 8.09. The molecule has 0 fully saturated rings. The molecular formula is C17H27ClN2. The fourth-order valence-corrected chi connectivity index (χ4v) is 3.77. The minimum atomic E-state index is 0.202. The lowest BCUT2D eigenvalue weighted by atomic mass is 9.79. The van der Waals surface area contributed by atoms with E-state index < -0.39 is 0 Å². The Morgan fingerprint density at radius 3 is 2.65 bits per heavy atom. The van der Waals surface area contributed by atoms with Crippen LogP contribution in [0.1, 0.15) is 58.1 Å². The molecule has 0 saturated heterocycles. The fraction of sp³-hybridized carbons (Fsp3) is 0.647. The smallest absolute Gasteiger partial charge is 0.0471 e. The third kappa shape index (κ3) is 2.82. The molecule has 0 bridgehead atoms. The molecule has 1 N–H and O–H groups in total. The molecule has 2 nitrogen and oxygen atoms in total. The van der Waals surface area contributed by atoms with Crippen molar-refractivity contribution in [3.8, 4) is 0 Å². The second-order valence-electron chi connectivity index (χ2n) is 6.44. The molecule has 0 amide bonds. The van der Waals surface area contributed by atoms with E-state index in [1.54, 1.807) is 0 Å². The Hall–Kier alpha value is -0.730. The summed E-state index contributed by atoms with van der Waals surface area (Å²) in [7, 11) is 0. The van der Waals surface area contributed by atoms with Gasteiger partial charge in [-0.1, -0.05) is 31.5 Å². The maximum absolute atomic E-state index is 6.49. The second kappa shape index (κ2) is 5.95.